The minimum absolute atomic E-state index is 0.113. The Hall–Kier alpha value is -0.500. The zero-order valence-electron chi connectivity index (χ0n) is 19.9. The molecule has 0 aromatic heterocycles. The Kier molecular flexibility index (Phi) is 12.8. The lowest BCUT2D eigenvalue weighted by Crippen LogP contribution is -2.26. The van der Waals surface area contributed by atoms with Gasteiger partial charge in [0.2, 0.25) is 0 Å². The lowest BCUT2D eigenvalue weighted by atomic mass is 10.1. The van der Waals surface area contributed by atoms with E-state index in [-0.39, 0.29) is 12.5 Å². The van der Waals surface area contributed by atoms with Crippen LogP contribution in [0.15, 0.2) is 18.2 Å². The molecule has 1 aromatic rings. The molecule has 0 aliphatic heterocycles. The van der Waals surface area contributed by atoms with Crippen LogP contribution in [-0.2, 0) is 34.2 Å². The van der Waals surface area contributed by atoms with Gasteiger partial charge in [-0.1, -0.05) is 30.7 Å². The maximum Gasteiger partial charge on any atom is 0.406 e. The zero-order chi connectivity index (χ0) is 23.5. The molecule has 180 valence electrons. The Bertz CT molecular complexity index is 693. The van der Waals surface area contributed by atoms with E-state index < -0.39 is 19.6 Å². The summed E-state index contributed by atoms with van der Waals surface area (Å²) < 4.78 is 40.6. The molecule has 0 amide bonds. The second kappa shape index (κ2) is 13.9. The first-order valence-corrected chi connectivity index (χ1v) is 12.6. The third-order valence-corrected chi connectivity index (χ3v) is 6.44. The van der Waals surface area contributed by atoms with Crippen LogP contribution in [-0.4, -0.2) is 46.2 Å². The van der Waals surface area contributed by atoms with Crippen LogP contribution >= 0.6 is 19.3 Å². The summed E-state index contributed by atoms with van der Waals surface area (Å²) in [6.07, 6.45) is 1.00. The Morgan fingerprint density at radius 1 is 1.16 bits per heavy atom. The molecule has 2 atom stereocenters. The van der Waals surface area contributed by atoms with Gasteiger partial charge in [-0.3, -0.25) is 9.05 Å². The number of ether oxygens (including phenoxy) is 3. The minimum atomic E-state index is -3.45. The molecule has 0 saturated heterocycles. The van der Waals surface area contributed by atoms with Crippen molar-refractivity contribution >= 4 is 19.3 Å². The molecule has 0 bridgehead atoms. The normalized spacial score (nSPS) is 15.3. The van der Waals surface area contributed by atoms with Gasteiger partial charge in [0.05, 0.1) is 18.8 Å². The van der Waals surface area contributed by atoms with Crippen molar-refractivity contribution in [2.24, 2.45) is 5.92 Å². The van der Waals surface area contributed by atoms with Gasteiger partial charge in [-0.05, 0) is 52.2 Å². The van der Waals surface area contributed by atoms with Gasteiger partial charge >= 0.3 is 7.75 Å². The topological polar surface area (TPSA) is 75.3 Å². The van der Waals surface area contributed by atoms with Gasteiger partial charge in [0.1, 0.15) is 0 Å². The summed E-state index contributed by atoms with van der Waals surface area (Å²) >= 11 is 6.38. The van der Waals surface area contributed by atoms with Gasteiger partial charge in [0.15, 0.2) is 6.29 Å². The Morgan fingerprint density at radius 3 is 2.39 bits per heavy atom. The van der Waals surface area contributed by atoms with Crippen LogP contribution < -0.4 is 5.09 Å². The maximum absolute atomic E-state index is 13.2. The predicted molar refractivity (Wildman–Crippen MR) is 125 cm³/mol. The largest absolute Gasteiger partial charge is 0.406 e. The quantitative estimate of drug-likeness (QED) is 0.194. The fraction of sp³-hybridized carbons (Fsp3) is 0.727. The number of nitrogens with one attached hydrogen (secondary N) is 1. The van der Waals surface area contributed by atoms with Crippen molar-refractivity contribution in [1.29, 1.82) is 0 Å². The molecule has 0 radical (unpaired) electrons. The van der Waals surface area contributed by atoms with E-state index in [2.05, 4.69) is 5.09 Å². The molecule has 7 nitrogen and oxygen atoms in total. The number of hydrogen-bond acceptors (Lipinski definition) is 6. The summed E-state index contributed by atoms with van der Waals surface area (Å²) in [7, 11) is -0.309. The van der Waals surface area contributed by atoms with E-state index in [1.807, 2.05) is 52.8 Å². The van der Waals surface area contributed by atoms with E-state index in [9.17, 15) is 4.57 Å². The van der Waals surface area contributed by atoms with E-state index in [1.54, 1.807) is 14.2 Å². The number of rotatable bonds is 15. The highest BCUT2D eigenvalue weighted by molar-refractivity contribution is 7.51. The van der Waals surface area contributed by atoms with Crippen LogP contribution in [0.5, 0.6) is 0 Å². The second-order valence-corrected chi connectivity index (χ2v) is 10.6. The van der Waals surface area contributed by atoms with Crippen molar-refractivity contribution in [3.8, 4) is 0 Å². The number of benzene rings is 1. The molecule has 0 heterocycles. The SMILES string of the molecule is CCOCC(C)COP(=O)(NCCCc1ccc(C(OC)OC)c(Cl)c1)OC(C)(C)C. The van der Waals surface area contributed by atoms with E-state index in [1.165, 1.54) is 0 Å². The molecule has 0 fully saturated rings. The number of aryl methyl sites for hydroxylation is 1. The average molecular weight is 480 g/mol. The molecule has 1 rings (SSSR count). The number of hydrogen-bond donors (Lipinski definition) is 1. The van der Waals surface area contributed by atoms with Gasteiger partial charge < -0.3 is 14.2 Å². The number of methoxy groups -OCH3 is 2. The lowest BCUT2D eigenvalue weighted by Gasteiger charge is -2.28. The van der Waals surface area contributed by atoms with E-state index >= 15 is 0 Å². The zero-order valence-corrected chi connectivity index (χ0v) is 21.6. The smallest absolute Gasteiger partial charge is 0.381 e. The molecular formula is C22H39ClNO6P. The van der Waals surface area contributed by atoms with Crippen molar-refractivity contribution in [1.82, 2.24) is 5.09 Å². The van der Waals surface area contributed by atoms with Crippen molar-refractivity contribution in [3.63, 3.8) is 0 Å². The Morgan fingerprint density at radius 2 is 1.84 bits per heavy atom. The van der Waals surface area contributed by atoms with Gasteiger partial charge in [-0.2, -0.15) is 0 Å². The molecule has 0 saturated carbocycles. The van der Waals surface area contributed by atoms with Crippen LogP contribution in [0.4, 0.5) is 0 Å². The fourth-order valence-electron chi connectivity index (χ4n) is 2.83. The monoisotopic (exact) mass is 479 g/mol. The minimum Gasteiger partial charge on any atom is -0.381 e. The van der Waals surface area contributed by atoms with Crippen LogP contribution in [0.1, 0.15) is 58.5 Å². The van der Waals surface area contributed by atoms with Crippen LogP contribution in [0.2, 0.25) is 5.02 Å². The molecule has 0 aliphatic rings. The highest BCUT2D eigenvalue weighted by Gasteiger charge is 2.31. The van der Waals surface area contributed by atoms with E-state index in [0.717, 1.165) is 24.0 Å². The molecule has 31 heavy (non-hydrogen) atoms. The van der Waals surface area contributed by atoms with Gasteiger partial charge in [0.25, 0.3) is 0 Å². The van der Waals surface area contributed by atoms with E-state index in [4.69, 9.17) is 34.9 Å². The van der Waals surface area contributed by atoms with Gasteiger partial charge in [-0.15, -0.1) is 0 Å². The van der Waals surface area contributed by atoms with E-state index in [0.29, 0.717) is 24.8 Å². The third-order valence-electron chi connectivity index (χ3n) is 4.22. The molecule has 9 heteroatoms. The molecular weight excluding hydrogens is 441 g/mol. The van der Waals surface area contributed by atoms with Crippen molar-refractivity contribution in [2.75, 3.05) is 40.6 Å². The Labute approximate surface area is 192 Å². The fourth-order valence-corrected chi connectivity index (χ4v) is 4.94. The lowest BCUT2D eigenvalue weighted by molar-refractivity contribution is -0.105. The summed E-state index contributed by atoms with van der Waals surface area (Å²) in [6.45, 7) is 11.4. The summed E-state index contributed by atoms with van der Waals surface area (Å²) in [6, 6.07) is 5.79. The van der Waals surface area contributed by atoms with Gasteiger partial charge in [0, 0.05) is 43.9 Å². The molecule has 2 unspecified atom stereocenters. The highest BCUT2D eigenvalue weighted by atomic mass is 35.5. The van der Waals surface area contributed by atoms with Crippen LogP contribution in [0.3, 0.4) is 0 Å². The van der Waals surface area contributed by atoms with Crippen molar-refractivity contribution in [3.05, 3.63) is 34.3 Å². The molecule has 0 aliphatic carbocycles. The number of halogens is 1. The van der Waals surface area contributed by atoms with Crippen molar-refractivity contribution in [2.45, 2.75) is 59.4 Å². The standard InChI is InChI=1S/C22H39ClNO6P/c1-8-28-15-17(2)16-29-31(25,30-22(3,4)5)24-13-9-10-18-11-12-19(20(23)14-18)21(26-6)27-7/h11-12,14,17,21H,8-10,13,15-16H2,1-7H3,(H,24,25). The van der Waals surface area contributed by atoms with Gasteiger partial charge in [-0.25, -0.2) is 9.65 Å². The first kappa shape index (κ1) is 28.5. The van der Waals surface area contributed by atoms with Crippen LogP contribution in [0, 0.1) is 5.92 Å². The molecule has 1 N–H and O–H groups in total. The summed E-state index contributed by atoms with van der Waals surface area (Å²) in [5.74, 6) is 0.113. The predicted octanol–water partition coefficient (Wildman–Crippen LogP) is 5.77. The summed E-state index contributed by atoms with van der Waals surface area (Å²) in [5, 5.41) is 3.58. The van der Waals surface area contributed by atoms with Crippen molar-refractivity contribution < 1.29 is 27.8 Å². The summed E-state index contributed by atoms with van der Waals surface area (Å²) in [5.41, 5.74) is 1.25. The molecule has 1 aromatic carbocycles. The molecule has 0 spiro atoms. The highest BCUT2D eigenvalue weighted by Crippen LogP contribution is 2.47. The Balaban J connectivity index is 2.63. The van der Waals surface area contributed by atoms with Crippen LogP contribution in [0.25, 0.3) is 0 Å². The third kappa shape index (κ3) is 11.3. The first-order valence-electron chi connectivity index (χ1n) is 10.7. The second-order valence-electron chi connectivity index (χ2n) is 8.43. The average Bonchev–Trinajstić information content (AvgIpc) is 2.69. The first-order chi connectivity index (χ1) is 14.5. The maximum atomic E-state index is 13.2. The summed E-state index contributed by atoms with van der Waals surface area (Å²) in [4.78, 5) is 0.